The molecule has 0 heterocycles. The van der Waals surface area contributed by atoms with E-state index in [2.05, 4.69) is 15.0 Å². The summed E-state index contributed by atoms with van der Waals surface area (Å²) in [4.78, 5) is 55.8. The van der Waals surface area contributed by atoms with Gasteiger partial charge in [0.05, 0.1) is 17.8 Å². The van der Waals surface area contributed by atoms with Gasteiger partial charge in [-0.15, -0.1) is 0 Å². The lowest BCUT2D eigenvalue weighted by molar-refractivity contribution is -0.157. The van der Waals surface area contributed by atoms with Gasteiger partial charge in [-0.1, -0.05) is 24.3 Å². The third kappa shape index (κ3) is 15.4. The first-order valence-electron chi connectivity index (χ1n) is 17.3. The number of alkyl carbamates (subject to hydrolysis) is 1. The van der Waals surface area contributed by atoms with E-state index in [1.807, 2.05) is 0 Å². The number of esters is 2. The molecule has 0 saturated heterocycles. The maximum absolute atomic E-state index is 13.9. The Kier molecular flexibility index (Phi) is 14.2. The van der Waals surface area contributed by atoms with Crippen molar-refractivity contribution >= 4 is 45.9 Å². The number of phenolic OH excluding ortho intramolecular Hbond substituents is 1. The molecule has 55 heavy (non-hydrogen) atoms. The largest absolute Gasteiger partial charge is 0.508 e. The molecule has 0 saturated carbocycles. The molecule has 1 atom stereocenters. The highest BCUT2D eigenvalue weighted by molar-refractivity contribution is 7.87. The Balaban J connectivity index is 1.78. The molecular weight excluding hydrogens is 733 g/mol. The summed E-state index contributed by atoms with van der Waals surface area (Å²) in [6.45, 7) is 15.9. The van der Waals surface area contributed by atoms with E-state index < -0.39 is 63.7 Å². The Labute approximate surface area is 322 Å². The number of amidine groups is 1. The van der Waals surface area contributed by atoms with E-state index in [0.29, 0.717) is 21.1 Å². The number of hydrogen-bond donors (Lipinski definition) is 3. The van der Waals surface area contributed by atoms with Gasteiger partial charge in [0.2, 0.25) is 0 Å². The van der Waals surface area contributed by atoms with Crippen LogP contribution in [-0.2, 0) is 42.2 Å². The number of rotatable bonds is 11. The van der Waals surface area contributed by atoms with Crippen molar-refractivity contribution in [2.45, 2.75) is 105 Å². The second-order valence-corrected chi connectivity index (χ2v) is 17.1. The van der Waals surface area contributed by atoms with Gasteiger partial charge in [-0.3, -0.25) is 10.1 Å². The summed E-state index contributed by atoms with van der Waals surface area (Å²) in [5.74, 6) is -1.16. The highest BCUT2D eigenvalue weighted by Gasteiger charge is 2.37. The quantitative estimate of drug-likeness (QED) is 0.0614. The minimum Gasteiger partial charge on any atom is -0.508 e. The van der Waals surface area contributed by atoms with Gasteiger partial charge in [0.15, 0.2) is 0 Å². The summed E-state index contributed by atoms with van der Waals surface area (Å²) < 4.78 is 52.2. The molecular formula is C39H50N4O11S. The van der Waals surface area contributed by atoms with Crippen molar-refractivity contribution in [3.8, 4) is 11.5 Å². The molecule has 0 aromatic heterocycles. The molecule has 3 N–H and O–H groups in total. The number of benzene rings is 3. The number of aromatic hydroxyl groups is 1. The summed E-state index contributed by atoms with van der Waals surface area (Å²) in [5.41, 5.74) is -1.19. The Bertz CT molecular complexity index is 1960. The van der Waals surface area contributed by atoms with Crippen molar-refractivity contribution < 1.29 is 51.6 Å². The van der Waals surface area contributed by atoms with Gasteiger partial charge in [0.1, 0.15) is 40.2 Å². The lowest BCUT2D eigenvalue weighted by Gasteiger charge is -2.29. The van der Waals surface area contributed by atoms with Crippen LogP contribution in [0, 0.1) is 0 Å². The molecule has 0 fully saturated rings. The summed E-state index contributed by atoms with van der Waals surface area (Å²) in [5, 5.41) is 12.2. The number of phenols is 1. The lowest BCUT2D eigenvalue weighted by Crippen LogP contribution is -2.52. The van der Waals surface area contributed by atoms with Gasteiger partial charge in [0.25, 0.3) is 0 Å². The Morgan fingerprint density at radius 3 is 1.80 bits per heavy atom. The van der Waals surface area contributed by atoms with E-state index in [1.54, 1.807) is 81.4 Å². The lowest BCUT2D eigenvalue weighted by atomic mass is 10.1. The fourth-order valence-electron chi connectivity index (χ4n) is 4.56. The van der Waals surface area contributed by atoms with Crippen molar-refractivity contribution in [3.63, 3.8) is 0 Å². The number of amides is 2. The SMILES string of the molecule is CC(=Nc1ccc(C(=O)Oc2ccc(CN(C(=O)OC(C)(C)C)S(=O)(=O)N[C@@H](Cc3ccc(O)cc3)C(=O)OC(C)(C)C)cc2)cc1)NC(=O)OC(C)(C)C. The topological polar surface area (TPSA) is 199 Å². The summed E-state index contributed by atoms with van der Waals surface area (Å²) in [6, 6.07) is 16.3. The fraction of sp³-hybridized carbons (Fsp3) is 0.410. The van der Waals surface area contributed by atoms with Crippen molar-refractivity contribution in [3.05, 3.63) is 89.5 Å². The second-order valence-electron chi connectivity index (χ2n) is 15.5. The molecule has 0 radical (unpaired) electrons. The molecule has 3 aromatic carbocycles. The summed E-state index contributed by atoms with van der Waals surface area (Å²) in [6.07, 6.45) is -2.01. The Morgan fingerprint density at radius 1 is 0.745 bits per heavy atom. The number of nitrogens with one attached hydrogen (secondary N) is 2. The van der Waals surface area contributed by atoms with Gasteiger partial charge >= 0.3 is 34.3 Å². The zero-order valence-corrected chi connectivity index (χ0v) is 33.6. The Morgan fingerprint density at radius 2 is 1.27 bits per heavy atom. The first-order valence-corrected chi connectivity index (χ1v) is 18.7. The molecule has 0 aliphatic heterocycles. The van der Waals surface area contributed by atoms with Crippen LogP contribution in [0.3, 0.4) is 0 Å². The van der Waals surface area contributed by atoms with Crippen LogP contribution < -0.4 is 14.8 Å². The van der Waals surface area contributed by atoms with Crippen LogP contribution in [0.4, 0.5) is 15.3 Å². The van der Waals surface area contributed by atoms with Crippen molar-refractivity contribution in [1.29, 1.82) is 0 Å². The minimum absolute atomic E-state index is 0.0165. The number of aliphatic imine (C=N–C) groups is 1. The summed E-state index contributed by atoms with van der Waals surface area (Å²) in [7, 11) is -4.77. The van der Waals surface area contributed by atoms with Crippen LogP contribution in [0.2, 0.25) is 0 Å². The van der Waals surface area contributed by atoms with E-state index in [0.717, 1.165) is 0 Å². The van der Waals surface area contributed by atoms with Crippen LogP contribution in [0.25, 0.3) is 0 Å². The average molecular weight is 783 g/mol. The highest BCUT2D eigenvalue weighted by atomic mass is 32.2. The third-order valence-corrected chi connectivity index (χ3v) is 8.23. The molecule has 0 spiro atoms. The highest BCUT2D eigenvalue weighted by Crippen LogP contribution is 2.22. The number of carbonyl (C=O) groups is 4. The van der Waals surface area contributed by atoms with Crippen molar-refractivity contribution in [2.24, 2.45) is 4.99 Å². The molecule has 298 valence electrons. The van der Waals surface area contributed by atoms with Crippen molar-refractivity contribution in [1.82, 2.24) is 14.3 Å². The maximum atomic E-state index is 13.9. The van der Waals surface area contributed by atoms with Crippen LogP contribution in [0.5, 0.6) is 11.5 Å². The van der Waals surface area contributed by atoms with Crippen LogP contribution in [0.1, 0.15) is 90.7 Å². The number of ether oxygens (including phenoxy) is 4. The third-order valence-electron chi connectivity index (χ3n) is 6.79. The zero-order valence-electron chi connectivity index (χ0n) is 32.8. The predicted octanol–water partition coefficient (Wildman–Crippen LogP) is 6.71. The predicted molar refractivity (Wildman–Crippen MR) is 205 cm³/mol. The molecule has 0 aliphatic rings. The van der Waals surface area contributed by atoms with Crippen LogP contribution >= 0.6 is 0 Å². The Hall–Kier alpha value is -5.48. The van der Waals surface area contributed by atoms with Gasteiger partial charge in [0, 0.05) is 0 Å². The average Bonchev–Trinajstić information content (AvgIpc) is 3.02. The minimum atomic E-state index is -4.77. The van der Waals surface area contributed by atoms with E-state index in [-0.39, 0.29) is 29.3 Å². The van der Waals surface area contributed by atoms with Gasteiger partial charge in [-0.05, 0) is 135 Å². The molecule has 2 amide bonds. The number of carbonyl (C=O) groups excluding carboxylic acids is 4. The number of nitrogens with zero attached hydrogens (tertiary/aromatic N) is 2. The smallest absolute Gasteiger partial charge is 0.425 e. The monoisotopic (exact) mass is 782 g/mol. The van der Waals surface area contributed by atoms with E-state index in [4.69, 9.17) is 18.9 Å². The fourth-order valence-corrected chi connectivity index (χ4v) is 5.78. The van der Waals surface area contributed by atoms with Crippen LogP contribution in [0.15, 0.2) is 77.8 Å². The molecule has 0 aliphatic carbocycles. The first-order chi connectivity index (χ1) is 25.3. The molecule has 3 aromatic rings. The molecule has 0 unspecified atom stereocenters. The number of hydrogen-bond acceptors (Lipinski definition) is 12. The van der Waals surface area contributed by atoms with Gasteiger partial charge in [-0.25, -0.2) is 19.4 Å². The zero-order chi connectivity index (χ0) is 41.4. The van der Waals surface area contributed by atoms with Gasteiger partial charge in [-0.2, -0.15) is 17.4 Å². The molecule has 16 heteroatoms. The maximum Gasteiger partial charge on any atom is 0.425 e. The van der Waals surface area contributed by atoms with E-state index >= 15 is 0 Å². The van der Waals surface area contributed by atoms with E-state index in [1.165, 1.54) is 60.7 Å². The first kappa shape index (κ1) is 43.9. The normalized spacial score (nSPS) is 12.9. The second kappa shape index (κ2) is 17.8. The van der Waals surface area contributed by atoms with Crippen LogP contribution in [-0.4, -0.2) is 70.6 Å². The molecule has 15 nitrogen and oxygen atoms in total. The summed E-state index contributed by atoms with van der Waals surface area (Å²) >= 11 is 0. The molecule has 0 bridgehead atoms. The van der Waals surface area contributed by atoms with Gasteiger partial charge < -0.3 is 24.1 Å². The van der Waals surface area contributed by atoms with E-state index in [9.17, 15) is 32.7 Å². The van der Waals surface area contributed by atoms with Crippen molar-refractivity contribution in [2.75, 3.05) is 0 Å². The standard InChI is InChI=1S/C39H50N4O11S/c1-25(41-35(47)53-38(5,6)7)40-29-17-15-28(16-18-29)33(45)51-31-21-13-27(14-22-31)24-43(36(48)54-39(8,9)10)55(49,50)42-32(34(46)52-37(2,3)4)23-26-11-19-30(44)20-12-26/h11-22,32,42,44H,23-24H2,1-10H3,(H,40,41,47)/t32-/m0/s1. The molecule has 3 rings (SSSR count).